The number of aromatic nitrogens is 4. The number of carbonyl (C=O) groups excluding carboxylic acids is 1. The van der Waals surface area contributed by atoms with Crippen LogP contribution >= 0.6 is 11.3 Å². The molecule has 130 valence electrons. The molecule has 0 radical (unpaired) electrons. The molecule has 7 nitrogen and oxygen atoms in total. The van der Waals surface area contributed by atoms with Gasteiger partial charge >= 0.3 is 0 Å². The minimum atomic E-state index is 0.0848. The minimum Gasteiger partial charge on any atom is -0.348 e. The van der Waals surface area contributed by atoms with E-state index < -0.39 is 0 Å². The lowest BCUT2D eigenvalue weighted by Crippen LogP contribution is -2.37. The fourth-order valence-corrected chi connectivity index (χ4v) is 3.51. The summed E-state index contributed by atoms with van der Waals surface area (Å²) in [7, 11) is 3.54. The highest BCUT2D eigenvalue weighted by atomic mass is 32.1. The molecule has 1 amide bonds. The van der Waals surface area contributed by atoms with Gasteiger partial charge in [-0.2, -0.15) is 5.10 Å². The van der Waals surface area contributed by atoms with Crippen LogP contribution in [-0.4, -0.2) is 50.7 Å². The Morgan fingerprint density at radius 2 is 2.29 bits per heavy atom. The molecule has 0 spiro atoms. The number of nitrogens with zero attached hydrogens (tertiary/aromatic N) is 5. The average Bonchev–Trinajstić information content (AvgIpc) is 3.18. The zero-order valence-electron chi connectivity index (χ0n) is 14.4. The molecular formula is C16H24N6OS. The third-order valence-corrected chi connectivity index (χ3v) is 5.09. The second-order valence-corrected chi connectivity index (χ2v) is 7.24. The van der Waals surface area contributed by atoms with Crippen molar-refractivity contribution in [2.75, 3.05) is 14.1 Å². The number of likely N-dealkylation sites (N-methyl/N-ethyl adjacent to an activating group) is 1. The third kappa shape index (κ3) is 3.99. The van der Waals surface area contributed by atoms with Crippen LogP contribution in [0.4, 0.5) is 0 Å². The van der Waals surface area contributed by atoms with Crippen LogP contribution < -0.4 is 5.32 Å². The highest BCUT2D eigenvalue weighted by molar-refractivity contribution is 7.09. The number of carbonyl (C=O) groups is 1. The van der Waals surface area contributed by atoms with E-state index in [1.165, 1.54) is 0 Å². The minimum absolute atomic E-state index is 0.0848. The smallest absolute Gasteiger partial charge is 0.228 e. The Balaban J connectivity index is 1.51. The molecule has 0 aromatic carbocycles. The maximum Gasteiger partial charge on any atom is 0.228 e. The topological polar surface area (TPSA) is 75.9 Å². The number of hydrogen-bond donors (Lipinski definition) is 1. The first kappa shape index (κ1) is 17.0. The van der Waals surface area contributed by atoms with E-state index in [-0.39, 0.29) is 5.91 Å². The van der Waals surface area contributed by atoms with Crippen LogP contribution in [0.2, 0.25) is 0 Å². The summed E-state index contributed by atoms with van der Waals surface area (Å²) in [5, 5.41) is 11.0. The highest BCUT2D eigenvalue weighted by Crippen LogP contribution is 2.15. The van der Waals surface area contributed by atoms with Crippen LogP contribution in [0.15, 0.2) is 5.38 Å². The van der Waals surface area contributed by atoms with Crippen LogP contribution in [0, 0.1) is 0 Å². The van der Waals surface area contributed by atoms with Gasteiger partial charge in [0.25, 0.3) is 0 Å². The van der Waals surface area contributed by atoms with Crippen LogP contribution in [0.1, 0.15) is 35.7 Å². The van der Waals surface area contributed by atoms with E-state index in [0.29, 0.717) is 12.5 Å². The van der Waals surface area contributed by atoms with E-state index in [1.54, 1.807) is 30.3 Å². The molecule has 2 aromatic rings. The van der Waals surface area contributed by atoms with Gasteiger partial charge in [-0.3, -0.25) is 4.79 Å². The van der Waals surface area contributed by atoms with E-state index in [9.17, 15) is 4.79 Å². The van der Waals surface area contributed by atoms with Gasteiger partial charge in [-0.05, 0) is 6.42 Å². The number of rotatable bonds is 6. The van der Waals surface area contributed by atoms with Crippen molar-refractivity contribution in [3.8, 4) is 0 Å². The quantitative estimate of drug-likeness (QED) is 0.844. The molecule has 1 aliphatic heterocycles. The molecule has 1 atom stereocenters. The maximum atomic E-state index is 11.7. The number of hydrogen-bond acceptors (Lipinski definition) is 6. The summed E-state index contributed by atoms with van der Waals surface area (Å²) < 4.78 is 2.03. The molecule has 1 N–H and O–H groups in total. The number of aryl methyl sites for hydroxylation is 2. The summed E-state index contributed by atoms with van der Waals surface area (Å²) >= 11 is 1.55. The molecule has 0 aliphatic carbocycles. The van der Waals surface area contributed by atoms with Gasteiger partial charge in [0.1, 0.15) is 10.8 Å². The molecule has 0 saturated heterocycles. The monoisotopic (exact) mass is 348 g/mol. The molecule has 1 aliphatic rings. The largest absolute Gasteiger partial charge is 0.348 e. The van der Waals surface area contributed by atoms with Gasteiger partial charge in [-0.25, -0.2) is 14.6 Å². The second-order valence-electron chi connectivity index (χ2n) is 6.29. The van der Waals surface area contributed by atoms with Gasteiger partial charge in [-0.1, -0.05) is 6.92 Å². The molecule has 8 heteroatoms. The Kier molecular flexibility index (Phi) is 5.25. The van der Waals surface area contributed by atoms with Crippen LogP contribution in [0.5, 0.6) is 0 Å². The van der Waals surface area contributed by atoms with Crippen molar-refractivity contribution in [3.63, 3.8) is 0 Å². The molecule has 24 heavy (non-hydrogen) atoms. The normalized spacial score (nSPS) is 16.9. The summed E-state index contributed by atoms with van der Waals surface area (Å²) in [6.07, 6.45) is 3.29. The summed E-state index contributed by atoms with van der Waals surface area (Å²) in [5.41, 5.74) is 1.00. The van der Waals surface area contributed by atoms with E-state index in [0.717, 1.165) is 54.7 Å². The molecule has 0 bridgehead atoms. The fraction of sp³-hybridized carbons (Fsp3) is 0.625. The molecule has 2 aromatic heterocycles. The Labute approximate surface area is 146 Å². The number of fused-ring (bicyclic) bond motifs is 1. The van der Waals surface area contributed by atoms with Gasteiger partial charge in [0, 0.05) is 44.9 Å². The third-order valence-electron chi connectivity index (χ3n) is 4.19. The van der Waals surface area contributed by atoms with E-state index in [1.807, 2.05) is 10.1 Å². The Morgan fingerprint density at radius 3 is 3.04 bits per heavy atom. The summed E-state index contributed by atoms with van der Waals surface area (Å²) in [4.78, 5) is 22.4. The predicted octanol–water partition coefficient (Wildman–Crippen LogP) is 1.03. The number of nitrogens with one attached hydrogen (secondary N) is 1. The van der Waals surface area contributed by atoms with E-state index in [4.69, 9.17) is 0 Å². The lowest BCUT2D eigenvalue weighted by atomic mass is 10.1. The van der Waals surface area contributed by atoms with Gasteiger partial charge < -0.3 is 10.2 Å². The highest BCUT2D eigenvalue weighted by Gasteiger charge is 2.21. The van der Waals surface area contributed by atoms with Crippen molar-refractivity contribution >= 4 is 17.2 Å². The van der Waals surface area contributed by atoms with Crippen molar-refractivity contribution in [3.05, 3.63) is 27.7 Å². The van der Waals surface area contributed by atoms with Crippen LogP contribution in [0.3, 0.4) is 0 Å². The van der Waals surface area contributed by atoms with Gasteiger partial charge in [0.15, 0.2) is 5.82 Å². The van der Waals surface area contributed by atoms with E-state index >= 15 is 0 Å². The first-order valence-corrected chi connectivity index (χ1v) is 9.22. The zero-order chi connectivity index (χ0) is 17.1. The van der Waals surface area contributed by atoms with Gasteiger partial charge in [-0.15, -0.1) is 11.3 Å². The summed E-state index contributed by atoms with van der Waals surface area (Å²) in [5.74, 6) is 2.12. The molecule has 0 saturated carbocycles. The SMILES string of the molecule is CCc1nc2n(n1)C[C@@H](NCc1csc(CC(=O)N(C)C)n1)CC2. The average molecular weight is 348 g/mol. The second kappa shape index (κ2) is 7.40. The van der Waals surface area contributed by atoms with Gasteiger partial charge in [0.05, 0.1) is 18.7 Å². The number of amides is 1. The Hall–Kier alpha value is -1.80. The molecule has 0 unspecified atom stereocenters. The standard InChI is InChI=1S/C16H24N6OS/c1-4-13-19-14-6-5-11(9-22(14)20-13)17-8-12-10-24-15(18-12)7-16(23)21(2)3/h10-11,17H,4-9H2,1-3H3/t11-/m0/s1. The van der Waals surface area contributed by atoms with Crippen LogP contribution in [-0.2, 0) is 37.1 Å². The van der Waals surface area contributed by atoms with Gasteiger partial charge in [0.2, 0.25) is 5.91 Å². The van der Waals surface area contributed by atoms with Crippen molar-refractivity contribution in [2.45, 2.75) is 51.7 Å². The Morgan fingerprint density at radius 1 is 1.46 bits per heavy atom. The lowest BCUT2D eigenvalue weighted by molar-refractivity contribution is -0.127. The first-order valence-electron chi connectivity index (χ1n) is 8.34. The van der Waals surface area contributed by atoms with Crippen molar-refractivity contribution in [1.29, 1.82) is 0 Å². The van der Waals surface area contributed by atoms with Crippen LogP contribution in [0.25, 0.3) is 0 Å². The molecule has 0 fully saturated rings. The fourth-order valence-electron chi connectivity index (χ4n) is 2.72. The number of thiazole rings is 1. The predicted molar refractivity (Wildman–Crippen MR) is 92.9 cm³/mol. The maximum absolute atomic E-state index is 11.7. The van der Waals surface area contributed by atoms with Crippen molar-refractivity contribution in [1.82, 2.24) is 30.0 Å². The van der Waals surface area contributed by atoms with Crippen molar-refractivity contribution in [2.24, 2.45) is 0 Å². The molecule has 3 rings (SSSR count). The summed E-state index contributed by atoms with van der Waals surface area (Å²) in [6.45, 7) is 3.67. The summed E-state index contributed by atoms with van der Waals surface area (Å²) in [6, 6.07) is 0.387. The molecular weight excluding hydrogens is 324 g/mol. The lowest BCUT2D eigenvalue weighted by Gasteiger charge is -2.23. The van der Waals surface area contributed by atoms with E-state index in [2.05, 4.69) is 27.3 Å². The Bertz CT molecular complexity index is 707. The zero-order valence-corrected chi connectivity index (χ0v) is 15.3. The molecule has 3 heterocycles. The first-order chi connectivity index (χ1) is 11.5. The van der Waals surface area contributed by atoms with Crippen molar-refractivity contribution < 1.29 is 4.79 Å².